The lowest BCUT2D eigenvalue weighted by molar-refractivity contribution is -0.136. The molecule has 2 heterocycles. The molecule has 1 atom stereocenters. The van der Waals surface area contributed by atoms with E-state index in [1.807, 2.05) is 50.6 Å². The van der Waals surface area contributed by atoms with Gasteiger partial charge in [0.05, 0.1) is 11.2 Å². The smallest absolute Gasteiger partial charge is 0.314 e. The molecule has 0 saturated heterocycles. The summed E-state index contributed by atoms with van der Waals surface area (Å²) in [6.07, 6.45) is 1.63. The second-order valence-corrected chi connectivity index (χ2v) is 9.19. The lowest BCUT2D eigenvalue weighted by Gasteiger charge is -2.23. The fourth-order valence-electron chi connectivity index (χ4n) is 3.18. The van der Waals surface area contributed by atoms with E-state index < -0.39 is 11.8 Å². The summed E-state index contributed by atoms with van der Waals surface area (Å²) >= 11 is 1.77. The number of benzene rings is 1. The van der Waals surface area contributed by atoms with Gasteiger partial charge in [-0.15, -0.1) is 0 Å². The van der Waals surface area contributed by atoms with Crippen LogP contribution in [0.15, 0.2) is 30.3 Å². The van der Waals surface area contributed by atoms with E-state index in [1.165, 1.54) is 5.56 Å². The zero-order valence-corrected chi connectivity index (χ0v) is 17.7. The average molecular weight is 401 g/mol. The molecule has 1 aromatic heterocycles. The highest BCUT2D eigenvalue weighted by Gasteiger charge is 2.30. The van der Waals surface area contributed by atoms with E-state index in [-0.39, 0.29) is 11.6 Å². The number of anilines is 1. The van der Waals surface area contributed by atoms with Gasteiger partial charge in [0.1, 0.15) is 5.82 Å². The van der Waals surface area contributed by atoms with Crippen molar-refractivity contribution in [1.29, 1.82) is 0 Å². The van der Waals surface area contributed by atoms with Gasteiger partial charge in [-0.05, 0) is 46.1 Å². The largest absolute Gasteiger partial charge is 0.345 e. The number of rotatable bonds is 5. The van der Waals surface area contributed by atoms with E-state index >= 15 is 0 Å². The topological polar surface area (TPSA) is 76.0 Å². The number of fused-ring (bicyclic) bond motifs is 1. The van der Waals surface area contributed by atoms with Crippen LogP contribution in [0.4, 0.5) is 5.82 Å². The maximum atomic E-state index is 12.5. The molecule has 0 bridgehead atoms. The van der Waals surface area contributed by atoms with Crippen LogP contribution in [0.2, 0.25) is 0 Å². The molecule has 1 aliphatic heterocycles. The Morgan fingerprint density at radius 3 is 2.57 bits per heavy atom. The molecule has 0 radical (unpaired) electrons. The average Bonchev–Trinajstić information content (AvgIpc) is 3.23. The molecule has 1 aliphatic rings. The Bertz CT molecular complexity index is 855. The van der Waals surface area contributed by atoms with Gasteiger partial charge >= 0.3 is 11.8 Å². The van der Waals surface area contributed by atoms with Crippen LogP contribution in [-0.2, 0) is 33.1 Å². The molecule has 0 spiro atoms. The van der Waals surface area contributed by atoms with Crippen LogP contribution in [0, 0.1) is 0 Å². The number of amides is 2. The van der Waals surface area contributed by atoms with E-state index in [2.05, 4.69) is 27.9 Å². The molecule has 0 fully saturated rings. The molecule has 6 nitrogen and oxygen atoms in total. The molecule has 2 N–H and O–H groups in total. The van der Waals surface area contributed by atoms with Crippen molar-refractivity contribution in [3.63, 3.8) is 0 Å². The number of carbonyl (C=O) groups is 2. The molecule has 28 heavy (non-hydrogen) atoms. The van der Waals surface area contributed by atoms with Gasteiger partial charge in [0, 0.05) is 23.1 Å². The summed E-state index contributed by atoms with van der Waals surface area (Å²) in [6, 6.07) is 10.0. The molecule has 0 saturated carbocycles. The second kappa shape index (κ2) is 8.39. The van der Waals surface area contributed by atoms with Crippen molar-refractivity contribution in [2.75, 3.05) is 5.32 Å². The highest BCUT2D eigenvalue weighted by atomic mass is 32.2. The summed E-state index contributed by atoms with van der Waals surface area (Å²) in [6.45, 7) is 8.01. The Hall–Kier alpha value is -2.28. The van der Waals surface area contributed by atoms with Gasteiger partial charge in [-0.25, -0.2) is 4.68 Å². The number of nitrogens with zero attached hydrogens (tertiary/aromatic N) is 2. The Morgan fingerprint density at radius 2 is 1.89 bits per heavy atom. The van der Waals surface area contributed by atoms with Crippen molar-refractivity contribution >= 4 is 29.4 Å². The molecule has 7 heteroatoms. The molecule has 150 valence electrons. The van der Waals surface area contributed by atoms with E-state index in [9.17, 15) is 9.59 Å². The molecule has 0 aliphatic carbocycles. The molecule has 1 unspecified atom stereocenters. The van der Waals surface area contributed by atoms with Crippen molar-refractivity contribution in [3.05, 3.63) is 47.2 Å². The Balaban J connectivity index is 1.61. The lowest BCUT2D eigenvalue weighted by Crippen LogP contribution is -2.41. The fraction of sp³-hybridized carbons (Fsp3) is 0.476. The van der Waals surface area contributed by atoms with Crippen LogP contribution in [0.1, 0.15) is 50.9 Å². The number of hydrogen-bond donors (Lipinski definition) is 2. The maximum Gasteiger partial charge on any atom is 0.314 e. The van der Waals surface area contributed by atoms with Crippen LogP contribution in [-0.4, -0.2) is 27.6 Å². The van der Waals surface area contributed by atoms with Gasteiger partial charge in [0.25, 0.3) is 0 Å². The third kappa shape index (κ3) is 4.76. The first kappa shape index (κ1) is 20.5. The van der Waals surface area contributed by atoms with Crippen molar-refractivity contribution in [1.82, 2.24) is 15.1 Å². The SMILES string of the molecule is CC(CCc1ccccc1)NC(=O)C(=O)Nc1c2c(nn1C(C)(C)C)CSC2. The highest BCUT2D eigenvalue weighted by Crippen LogP contribution is 2.37. The van der Waals surface area contributed by atoms with Crippen molar-refractivity contribution < 1.29 is 9.59 Å². The molecule has 2 aromatic rings. The fourth-order valence-corrected chi connectivity index (χ4v) is 4.22. The van der Waals surface area contributed by atoms with Crippen molar-refractivity contribution in [3.8, 4) is 0 Å². The van der Waals surface area contributed by atoms with Gasteiger partial charge < -0.3 is 10.6 Å². The summed E-state index contributed by atoms with van der Waals surface area (Å²) in [4.78, 5) is 24.9. The number of aromatic nitrogens is 2. The van der Waals surface area contributed by atoms with Crippen LogP contribution in [0.3, 0.4) is 0 Å². The molecule has 1 aromatic carbocycles. The quantitative estimate of drug-likeness (QED) is 0.754. The standard InChI is InChI=1S/C21H28N4O2S/c1-14(10-11-15-8-6-5-7-9-15)22-19(26)20(27)23-18-16-12-28-13-17(16)24-25(18)21(2,3)4/h5-9,14H,10-13H2,1-4H3,(H,22,26)(H,23,27). The molecular weight excluding hydrogens is 372 g/mol. The minimum atomic E-state index is -0.642. The molecular formula is C21H28N4O2S. The first-order valence-electron chi connectivity index (χ1n) is 9.60. The summed E-state index contributed by atoms with van der Waals surface area (Å²) in [5.74, 6) is 1.03. The second-order valence-electron chi connectivity index (χ2n) is 8.20. The van der Waals surface area contributed by atoms with E-state index in [0.717, 1.165) is 35.6 Å². The first-order valence-corrected chi connectivity index (χ1v) is 10.8. The van der Waals surface area contributed by atoms with Crippen LogP contribution in [0.25, 0.3) is 0 Å². The predicted octanol–water partition coefficient (Wildman–Crippen LogP) is 3.46. The number of hydrogen-bond acceptors (Lipinski definition) is 4. The zero-order valence-electron chi connectivity index (χ0n) is 16.9. The lowest BCUT2D eigenvalue weighted by atomic mass is 10.1. The summed E-state index contributed by atoms with van der Waals surface area (Å²) in [7, 11) is 0. The van der Waals surface area contributed by atoms with Gasteiger partial charge in [0.15, 0.2) is 0 Å². The maximum absolute atomic E-state index is 12.5. The number of aryl methyl sites for hydroxylation is 1. The minimum Gasteiger partial charge on any atom is -0.345 e. The van der Waals surface area contributed by atoms with Crippen LogP contribution in [0.5, 0.6) is 0 Å². The van der Waals surface area contributed by atoms with Crippen molar-refractivity contribution in [2.24, 2.45) is 0 Å². The number of nitrogens with one attached hydrogen (secondary N) is 2. The van der Waals surface area contributed by atoms with Crippen LogP contribution >= 0.6 is 11.8 Å². The minimum absolute atomic E-state index is 0.0905. The molecule has 3 rings (SSSR count). The Kier molecular flexibility index (Phi) is 6.13. The summed E-state index contributed by atoms with van der Waals surface area (Å²) in [5.41, 5.74) is 2.96. The summed E-state index contributed by atoms with van der Waals surface area (Å²) in [5, 5.41) is 10.3. The predicted molar refractivity (Wildman–Crippen MR) is 113 cm³/mol. The van der Waals surface area contributed by atoms with Gasteiger partial charge in [-0.1, -0.05) is 30.3 Å². The van der Waals surface area contributed by atoms with E-state index in [1.54, 1.807) is 11.8 Å². The highest BCUT2D eigenvalue weighted by molar-refractivity contribution is 7.98. The van der Waals surface area contributed by atoms with Gasteiger partial charge in [0.2, 0.25) is 0 Å². The third-order valence-electron chi connectivity index (χ3n) is 4.71. The first-order chi connectivity index (χ1) is 13.3. The van der Waals surface area contributed by atoms with Crippen molar-refractivity contribution in [2.45, 2.75) is 63.6 Å². The number of thioether (sulfide) groups is 1. The number of carbonyl (C=O) groups excluding carboxylic acids is 2. The Labute approximate surface area is 170 Å². The normalized spacial score (nSPS) is 14.4. The summed E-state index contributed by atoms with van der Waals surface area (Å²) < 4.78 is 1.82. The van der Waals surface area contributed by atoms with E-state index in [0.29, 0.717) is 5.82 Å². The monoisotopic (exact) mass is 400 g/mol. The van der Waals surface area contributed by atoms with Gasteiger partial charge in [-0.2, -0.15) is 16.9 Å². The Morgan fingerprint density at radius 1 is 1.18 bits per heavy atom. The zero-order chi connectivity index (χ0) is 20.3. The van der Waals surface area contributed by atoms with Crippen LogP contribution < -0.4 is 10.6 Å². The van der Waals surface area contributed by atoms with Gasteiger partial charge in [-0.3, -0.25) is 9.59 Å². The molecule has 2 amide bonds. The third-order valence-corrected chi connectivity index (χ3v) is 5.68. The van der Waals surface area contributed by atoms with E-state index in [4.69, 9.17) is 0 Å².